The third-order valence-electron chi connectivity index (χ3n) is 5.99. The summed E-state index contributed by atoms with van der Waals surface area (Å²) in [6, 6.07) is 6.95. The van der Waals surface area contributed by atoms with Gasteiger partial charge in [0, 0.05) is 12.3 Å². The zero-order chi connectivity index (χ0) is 19.6. The highest BCUT2D eigenvalue weighted by Crippen LogP contribution is 2.50. The Morgan fingerprint density at radius 2 is 1.89 bits per heavy atom. The van der Waals surface area contributed by atoms with Crippen LogP contribution in [0.15, 0.2) is 24.3 Å². The maximum Gasteiger partial charge on any atom is 0.338 e. The van der Waals surface area contributed by atoms with E-state index >= 15 is 0 Å². The molecule has 0 N–H and O–H groups in total. The van der Waals surface area contributed by atoms with Crippen LogP contribution in [0.2, 0.25) is 0 Å². The van der Waals surface area contributed by atoms with Crippen LogP contribution >= 0.6 is 0 Å². The number of carbonyl (C=O) groups is 1. The van der Waals surface area contributed by atoms with Gasteiger partial charge in [-0.3, -0.25) is 0 Å². The van der Waals surface area contributed by atoms with Gasteiger partial charge >= 0.3 is 5.97 Å². The fourth-order valence-corrected chi connectivity index (χ4v) is 4.05. The van der Waals surface area contributed by atoms with E-state index in [1.165, 1.54) is 12.8 Å². The van der Waals surface area contributed by atoms with Crippen LogP contribution in [-0.4, -0.2) is 24.6 Å². The molecule has 3 rings (SSSR count). The standard InChI is InChI=1S/C22H30F2O3/c1-14(2)19-9-4-15(3)12-20(19)27-18-7-5-16(6-8-18)21(25)26-11-10-17-13-22(17,23)24/h5-8,14-15,17,19-20H,4,9-13H2,1-3H3. The summed E-state index contributed by atoms with van der Waals surface area (Å²) in [7, 11) is 0. The van der Waals surface area contributed by atoms with E-state index in [9.17, 15) is 13.6 Å². The summed E-state index contributed by atoms with van der Waals surface area (Å²) >= 11 is 0. The molecule has 2 aliphatic carbocycles. The smallest absolute Gasteiger partial charge is 0.338 e. The van der Waals surface area contributed by atoms with Crippen LogP contribution in [-0.2, 0) is 4.74 Å². The van der Waals surface area contributed by atoms with Crippen molar-refractivity contribution in [1.29, 1.82) is 0 Å². The number of ether oxygens (including phenoxy) is 2. The van der Waals surface area contributed by atoms with Crippen molar-refractivity contribution in [2.45, 2.75) is 64.9 Å². The minimum absolute atomic E-state index is 0.0351. The van der Waals surface area contributed by atoms with Gasteiger partial charge in [-0.2, -0.15) is 0 Å². The molecule has 27 heavy (non-hydrogen) atoms. The molecule has 0 saturated heterocycles. The summed E-state index contributed by atoms with van der Waals surface area (Å²) in [6.45, 7) is 6.79. The van der Waals surface area contributed by atoms with E-state index in [2.05, 4.69) is 20.8 Å². The van der Waals surface area contributed by atoms with Gasteiger partial charge in [0.15, 0.2) is 0 Å². The molecular weight excluding hydrogens is 350 g/mol. The van der Waals surface area contributed by atoms with Crippen molar-refractivity contribution >= 4 is 5.97 Å². The molecule has 0 amide bonds. The van der Waals surface area contributed by atoms with Gasteiger partial charge in [0.2, 0.25) is 0 Å². The second-order valence-electron chi connectivity index (χ2n) is 8.59. The van der Waals surface area contributed by atoms with Gasteiger partial charge in [0.25, 0.3) is 5.92 Å². The van der Waals surface area contributed by atoms with E-state index in [1.54, 1.807) is 24.3 Å². The lowest BCUT2D eigenvalue weighted by Gasteiger charge is -2.37. The highest BCUT2D eigenvalue weighted by atomic mass is 19.3. The second kappa shape index (κ2) is 8.15. The maximum atomic E-state index is 12.8. The van der Waals surface area contributed by atoms with Crippen molar-refractivity contribution in [3.63, 3.8) is 0 Å². The Morgan fingerprint density at radius 1 is 1.22 bits per heavy atom. The van der Waals surface area contributed by atoms with E-state index in [0.717, 1.165) is 12.2 Å². The van der Waals surface area contributed by atoms with E-state index in [-0.39, 0.29) is 25.6 Å². The van der Waals surface area contributed by atoms with E-state index in [1.807, 2.05) is 0 Å². The monoisotopic (exact) mass is 380 g/mol. The first-order valence-electron chi connectivity index (χ1n) is 10.1. The zero-order valence-electron chi connectivity index (χ0n) is 16.4. The minimum Gasteiger partial charge on any atom is -0.490 e. The Balaban J connectivity index is 1.51. The third-order valence-corrected chi connectivity index (χ3v) is 5.99. The number of hydrogen-bond acceptors (Lipinski definition) is 3. The molecule has 1 aromatic carbocycles. The molecule has 4 atom stereocenters. The third kappa shape index (κ3) is 5.20. The van der Waals surface area contributed by atoms with Crippen molar-refractivity contribution in [1.82, 2.24) is 0 Å². The lowest BCUT2D eigenvalue weighted by Crippen LogP contribution is -2.36. The second-order valence-corrected chi connectivity index (χ2v) is 8.59. The number of halogens is 2. The number of benzene rings is 1. The van der Waals surface area contributed by atoms with Crippen molar-refractivity contribution in [2.24, 2.45) is 23.7 Å². The zero-order valence-corrected chi connectivity index (χ0v) is 16.4. The van der Waals surface area contributed by atoms with Crippen LogP contribution in [0.5, 0.6) is 5.75 Å². The van der Waals surface area contributed by atoms with Gasteiger partial charge in [-0.15, -0.1) is 0 Å². The first-order chi connectivity index (χ1) is 12.8. The molecule has 1 aromatic rings. The molecule has 3 nitrogen and oxygen atoms in total. The molecule has 2 saturated carbocycles. The summed E-state index contributed by atoms with van der Waals surface area (Å²) in [5.74, 6) is -1.12. The minimum atomic E-state index is -2.56. The van der Waals surface area contributed by atoms with Gasteiger partial charge in [0.05, 0.1) is 12.2 Å². The summed E-state index contributed by atoms with van der Waals surface area (Å²) < 4.78 is 37.0. The van der Waals surface area contributed by atoms with E-state index in [0.29, 0.717) is 23.3 Å². The predicted molar refractivity (Wildman–Crippen MR) is 100 cm³/mol. The molecule has 0 radical (unpaired) electrons. The molecule has 2 aliphatic rings. The van der Waals surface area contributed by atoms with Gasteiger partial charge in [-0.1, -0.05) is 27.2 Å². The van der Waals surface area contributed by atoms with E-state index < -0.39 is 17.8 Å². The molecule has 0 heterocycles. The highest BCUT2D eigenvalue weighted by Gasteiger charge is 2.56. The molecule has 2 fully saturated rings. The number of esters is 1. The average molecular weight is 380 g/mol. The van der Waals surface area contributed by atoms with Crippen molar-refractivity contribution in [2.75, 3.05) is 6.61 Å². The fraction of sp³-hybridized carbons (Fsp3) is 0.682. The molecule has 4 unspecified atom stereocenters. The SMILES string of the molecule is CC1CCC(C(C)C)C(Oc2ccc(C(=O)OCCC3CC3(F)F)cc2)C1. The van der Waals surface area contributed by atoms with Crippen molar-refractivity contribution in [3.05, 3.63) is 29.8 Å². The Morgan fingerprint density at radius 3 is 2.48 bits per heavy atom. The number of hydrogen-bond donors (Lipinski definition) is 0. The normalized spacial score (nSPS) is 29.4. The number of alkyl halides is 2. The summed E-state index contributed by atoms with van der Waals surface area (Å²) in [5, 5.41) is 0. The number of rotatable bonds is 7. The van der Waals surface area contributed by atoms with Gasteiger partial charge < -0.3 is 9.47 Å². The number of carbonyl (C=O) groups excluding carboxylic acids is 1. The summed E-state index contributed by atoms with van der Waals surface area (Å²) in [6.07, 6.45) is 3.82. The van der Waals surface area contributed by atoms with Gasteiger partial charge in [0.1, 0.15) is 11.9 Å². The Bertz CT molecular complexity index is 641. The lowest BCUT2D eigenvalue weighted by molar-refractivity contribution is 0.0447. The first-order valence-corrected chi connectivity index (χ1v) is 10.1. The van der Waals surface area contributed by atoms with Crippen LogP contribution in [0.4, 0.5) is 8.78 Å². The fourth-order valence-electron chi connectivity index (χ4n) is 4.05. The molecule has 5 heteroatoms. The quantitative estimate of drug-likeness (QED) is 0.567. The molecular formula is C22H30F2O3. The largest absolute Gasteiger partial charge is 0.490 e. The Kier molecular flexibility index (Phi) is 6.07. The highest BCUT2D eigenvalue weighted by molar-refractivity contribution is 5.89. The Hall–Kier alpha value is -1.65. The molecule has 0 bridgehead atoms. The van der Waals surface area contributed by atoms with Crippen LogP contribution in [0, 0.1) is 23.7 Å². The molecule has 0 aromatic heterocycles. The topological polar surface area (TPSA) is 35.5 Å². The van der Waals surface area contributed by atoms with Crippen LogP contribution < -0.4 is 4.74 Å². The molecule has 0 aliphatic heterocycles. The first kappa shape index (κ1) is 20.1. The molecule has 150 valence electrons. The van der Waals surface area contributed by atoms with Gasteiger partial charge in [-0.25, -0.2) is 13.6 Å². The summed E-state index contributed by atoms with van der Waals surface area (Å²) in [4.78, 5) is 12.0. The van der Waals surface area contributed by atoms with Crippen LogP contribution in [0.1, 0.15) is 63.2 Å². The maximum absolute atomic E-state index is 12.8. The van der Waals surface area contributed by atoms with Crippen molar-refractivity contribution < 1.29 is 23.0 Å². The average Bonchev–Trinajstić information content (AvgIpc) is 3.22. The van der Waals surface area contributed by atoms with Gasteiger partial charge in [-0.05, 0) is 61.3 Å². The predicted octanol–water partition coefficient (Wildman–Crippen LogP) is 5.73. The summed E-state index contributed by atoms with van der Waals surface area (Å²) in [5.41, 5.74) is 0.419. The van der Waals surface area contributed by atoms with Crippen molar-refractivity contribution in [3.8, 4) is 5.75 Å². The molecule has 0 spiro atoms. The van der Waals surface area contributed by atoms with Crippen LogP contribution in [0.25, 0.3) is 0 Å². The van der Waals surface area contributed by atoms with Crippen LogP contribution in [0.3, 0.4) is 0 Å². The van der Waals surface area contributed by atoms with E-state index in [4.69, 9.17) is 9.47 Å². The lowest BCUT2D eigenvalue weighted by atomic mass is 9.75. The Labute approximate surface area is 160 Å².